The average molecular weight is 325 g/mol. The second-order valence-corrected chi connectivity index (χ2v) is 6.14. The number of aryl methyl sites for hydroxylation is 1. The number of benzene rings is 1. The third kappa shape index (κ3) is 3.83. The Kier molecular flexibility index (Phi) is 4.78. The van der Waals surface area contributed by atoms with E-state index >= 15 is 0 Å². The molecule has 0 saturated heterocycles. The predicted molar refractivity (Wildman–Crippen MR) is 77.7 cm³/mol. The zero-order valence-electron chi connectivity index (χ0n) is 12.0. The highest BCUT2D eigenvalue weighted by molar-refractivity contribution is 7.89. The Morgan fingerprint density at radius 1 is 1.32 bits per heavy atom. The molecule has 2 aromatic rings. The van der Waals surface area contributed by atoms with Crippen LogP contribution in [0.25, 0.3) is 0 Å². The van der Waals surface area contributed by atoms with Gasteiger partial charge in [-0.1, -0.05) is 5.16 Å². The molecule has 9 heteroatoms. The van der Waals surface area contributed by atoms with Crippen molar-refractivity contribution in [1.82, 2.24) is 9.88 Å². The largest absolute Gasteiger partial charge is 0.453 e. The number of nitrogens with one attached hydrogen (secondary N) is 2. The van der Waals surface area contributed by atoms with Crippen molar-refractivity contribution in [2.75, 3.05) is 12.4 Å². The van der Waals surface area contributed by atoms with Gasteiger partial charge in [-0.05, 0) is 31.2 Å². The molecule has 1 aromatic heterocycles. The van der Waals surface area contributed by atoms with Crippen molar-refractivity contribution in [1.29, 1.82) is 0 Å². The van der Waals surface area contributed by atoms with Gasteiger partial charge in [-0.3, -0.25) is 5.32 Å². The van der Waals surface area contributed by atoms with Gasteiger partial charge in [0, 0.05) is 17.8 Å². The van der Waals surface area contributed by atoms with Crippen molar-refractivity contribution in [2.24, 2.45) is 0 Å². The molecule has 1 heterocycles. The summed E-state index contributed by atoms with van der Waals surface area (Å²) < 4.78 is 36.1. The van der Waals surface area contributed by atoms with Gasteiger partial charge in [-0.2, -0.15) is 0 Å². The van der Waals surface area contributed by atoms with Crippen LogP contribution in [0.15, 0.2) is 39.9 Å². The molecule has 118 valence electrons. The number of carbonyl (C=O) groups excluding carboxylic acids is 1. The third-order valence-electron chi connectivity index (χ3n) is 2.90. The van der Waals surface area contributed by atoms with Crippen molar-refractivity contribution in [2.45, 2.75) is 18.4 Å². The summed E-state index contributed by atoms with van der Waals surface area (Å²) in [4.78, 5) is 11.1. The number of anilines is 1. The maximum absolute atomic E-state index is 12.2. The van der Waals surface area contributed by atoms with Crippen LogP contribution in [0.5, 0.6) is 0 Å². The molecule has 0 aliphatic carbocycles. The van der Waals surface area contributed by atoms with Gasteiger partial charge in [-0.25, -0.2) is 17.9 Å². The van der Waals surface area contributed by atoms with E-state index in [9.17, 15) is 13.2 Å². The van der Waals surface area contributed by atoms with E-state index < -0.39 is 16.1 Å². The summed E-state index contributed by atoms with van der Waals surface area (Å²) in [5, 5.41) is 6.02. The Hall–Kier alpha value is -2.39. The standard InChI is InChI=1S/C13H15N3O5S/c1-9-10(7-14-21-9)8-15-22(18,19)12-5-3-11(4-6-12)16-13(17)20-2/h3-7,15H,8H2,1-2H3,(H,16,17). The Labute approximate surface area is 127 Å². The Balaban J connectivity index is 2.06. The van der Waals surface area contributed by atoms with E-state index in [1.165, 1.54) is 37.6 Å². The molecule has 0 atom stereocenters. The molecule has 2 N–H and O–H groups in total. The SMILES string of the molecule is COC(=O)Nc1ccc(S(=O)(=O)NCc2cnoc2C)cc1. The van der Waals surface area contributed by atoms with Crippen molar-refractivity contribution in [3.63, 3.8) is 0 Å². The molecule has 22 heavy (non-hydrogen) atoms. The predicted octanol–water partition coefficient (Wildman–Crippen LogP) is 1.64. The lowest BCUT2D eigenvalue weighted by Gasteiger charge is -2.07. The van der Waals surface area contributed by atoms with Crippen molar-refractivity contribution >= 4 is 21.8 Å². The van der Waals surface area contributed by atoms with Crippen LogP contribution >= 0.6 is 0 Å². The normalized spacial score (nSPS) is 11.2. The Bertz CT molecular complexity index is 752. The van der Waals surface area contributed by atoms with Gasteiger partial charge in [0.2, 0.25) is 10.0 Å². The second kappa shape index (κ2) is 6.58. The molecule has 0 aliphatic rings. The summed E-state index contributed by atoms with van der Waals surface area (Å²) in [6.45, 7) is 1.78. The number of amides is 1. The van der Waals surface area contributed by atoms with Crippen molar-refractivity contribution in [3.8, 4) is 0 Å². The number of methoxy groups -OCH3 is 1. The van der Waals surface area contributed by atoms with E-state index in [-0.39, 0.29) is 11.4 Å². The monoisotopic (exact) mass is 325 g/mol. The Morgan fingerprint density at radius 2 is 2.00 bits per heavy atom. The number of aromatic nitrogens is 1. The summed E-state index contributed by atoms with van der Waals surface area (Å²) >= 11 is 0. The zero-order chi connectivity index (χ0) is 16.2. The maximum Gasteiger partial charge on any atom is 0.411 e. The first-order valence-corrected chi connectivity index (χ1v) is 7.75. The smallest absolute Gasteiger partial charge is 0.411 e. The minimum absolute atomic E-state index is 0.0806. The molecule has 0 aliphatic heterocycles. The highest BCUT2D eigenvalue weighted by atomic mass is 32.2. The molecule has 0 saturated carbocycles. The lowest BCUT2D eigenvalue weighted by molar-refractivity contribution is 0.187. The van der Waals surface area contributed by atoms with Gasteiger partial charge < -0.3 is 9.26 Å². The number of nitrogens with zero attached hydrogens (tertiary/aromatic N) is 1. The van der Waals surface area contributed by atoms with Gasteiger partial charge >= 0.3 is 6.09 Å². The topological polar surface area (TPSA) is 111 Å². The lowest BCUT2D eigenvalue weighted by Crippen LogP contribution is -2.23. The number of hydrogen-bond donors (Lipinski definition) is 2. The molecule has 0 spiro atoms. The van der Waals surface area contributed by atoms with Gasteiger partial charge in [-0.15, -0.1) is 0 Å². The third-order valence-corrected chi connectivity index (χ3v) is 4.32. The van der Waals surface area contributed by atoms with Gasteiger partial charge in [0.15, 0.2) is 0 Å². The summed E-state index contributed by atoms with van der Waals surface area (Å²) in [5.74, 6) is 0.556. The molecule has 1 amide bonds. The summed E-state index contributed by atoms with van der Waals surface area (Å²) in [6, 6.07) is 5.70. The van der Waals surface area contributed by atoms with E-state index in [2.05, 4.69) is 19.9 Å². The Morgan fingerprint density at radius 3 is 2.55 bits per heavy atom. The number of carbonyl (C=O) groups is 1. The van der Waals surface area contributed by atoms with Crippen LogP contribution in [-0.4, -0.2) is 26.8 Å². The van der Waals surface area contributed by atoms with Crippen LogP contribution in [0.2, 0.25) is 0 Å². The molecule has 0 bridgehead atoms. The minimum atomic E-state index is -3.67. The molecule has 0 unspecified atom stereocenters. The van der Waals surface area contributed by atoms with E-state index in [0.717, 1.165) is 0 Å². The van der Waals surface area contributed by atoms with Crippen LogP contribution < -0.4 is 10.0 Å². The molecule has 1 aromatic carbocycles. The van der Waals surface area contributed by atoms with E-state index in [1.807, 2.05) is 0 Å². The molecule has 8 nitrogen and oxygen atoms in total. The van der Waals surface area contributed by atoms with E-state index in [0.29, 0.717) is 17.0 Å². The molecule has 0 radical (unpaired) electrons. The van der Waals surface area contributed by atoms with Crippen LogP contribution in [0.4, 0.5) is 10.5 Å². The summed E-state index contributed by atoms with van der Waals surface area (Å²) in [7, 11) is -2.43. The number of ether oxygens (including phenoxy) is 1. The zero-order valence-corrected chi connectivity index (χ0v) is 12.8. The fourth-order valence-corrected chi connectivity index (χ4v) is 2.64. The molecule has 0 fully saturated rings. The molecule has 2 rings (SSSR count). The van der Waals surface area contributed by atoms with Gasteiger partial charge in [0.25, 0.3) is 0 Å². The molecular weight excluding hydrogens is 310 g/mol. The van der Waals surface area contributed by atoms with Crippen LogP contribution in [0.1, 0.15) is 11.3 Å². The first-order valence-electron chi connectivity index (χ1n) is 6.27. The quantitative estimate of drug-likeness (QED) is 0.864. The lowest BCUT2D eigenvalue weighted by atomic mass is 10.3. The summed E-state index contributed by atoms with van der Waals surface area (Å²) in [5.41, 5.74) is 1.09. The average Bonchev–Trinajstić information content (AvgIpc) is 2.91. The van der Waals surface area contributed by atoms with E-state index in [4.69, 9.17) is 4.52 Å². The van der Waals surface area contributed by atoms with Crippen molar-refractivity contribution in [3.05, 3.63) is 41.8 Å². The minimum Gasteiger partial charge on any atom is -0.453 e. The fourth-order valence-electron chi connectivity index (χ4n) is 1.63. The number of rotatable bonds is 5. The highest BCUT2D eigenvalue weighted by Gasteiger charge is 2.15. The van der Waals surface area contributed by atoms with Crippen LogP contribution in [-0.2, 0) is 21.3 Å². The number of sulfonamides is 1. The first kappa shape index (κ1) is 16.0. The van der Waals surface area contributed by atoms with Crippen LogP contribution in [0.3, 0.4) is 0 Å². The second-order valence-electron chi connectivity index (χ2n) is 4.37. The first-order chi connectivity index (χ1) is 10.4. The van der Waals surface area contributed by atoms with Gasteiger partial charge in [0.05, 0.1) is 18.2 Å². The van der Waals surface area contributed by atoms with Crippen LogP contribution in [0, 0.1) is 6.92 Å². The van der Waals surface area contributed by atoms with Gasteiger partial charge in [0.1, 0.15) is 5.76 Å². The number of hydrogen-bond acceptors (Lipinski definition) is 6. The maximum atomic E-state index is 12.2. The molecular formula is C13H15N3O5S. The summed E-state index contributed by atoms with van der Waals surface area (Å²) in [6.07, 6.45) is 0.831. The van der Waals surface area contributed by atoms with Crippen molar-refractivity contribution < 1.29 is 22.5 Å². The highest BCUT2D eigenvalue weighted by Crippen LogP contribution is 2.15. The van der Waals surface area contributed by atoms with E-state index in [1.54, 1.807) is 6.92 Å². The fraction of sp³-hybridized carbons (Fsp3) is 0.231.